The van der Waals surface area contributed by atoms with Gasteiger partial charge in [-0.05, 0) is 37.8 Å². The molecule has 176 valence electrons. The Balaban J connectivity index is 1.84. The minimum Gasteiger partial charge on any atom is -0.269 e. The number of nitrogens with zero attached hydrogens (tertiary/aromatic N) is 4. The molecule has 12 heteroatoms. The van der Waals surface area contributed by atoms with Crippen molar-refractivity contribution in [2.45, 2.75) is 59.2 Å². The summed E-state index contributed by atoms with van der Waals surface area (Å²) in [5.74, 6) is -0.135. The van der Waals surface area contributed by atoms with Gasteiger partial charge in [-0.2, -0.15) is 26.7 Å². The second kappa shape index (κ2) is 9.06. The highest BCUT2D eigenvalue weighted by Gasteiger charge is 2.49. The molecule has 2 aromatic rings. The fourth-order valence-corrected chi connectivity index (χ4v) is 5.01. The van der Waals surface area contributed by atoms with E-state index in [1.54, 1.807) is 19.1 Å². The van der Waals surface area contributed by atoms with Gasteiger partial charge in [0.15, 0.2) is 5.01 Å². The predicted octanol–water partition coefficient (Wildman–Crippen LogP) is 4.83. The molecule has 2 heterocycles. The summed E-state index contributed by atoms with van der Waals surface area (Å²) in [6.45, 7) is 10.2. The van der Waals surface area contributed by atoms with Crippen LogP contribution in [0.2, 0.25) is 0 Å². The van der Waals surface area contributed by atoms with Crippen molar-refractivity contribution < 1.29 is 25.8 Å². The lowest BCUT2D eigenvalue weighted by atomic mass is 9.90. The molecule has 2 unspecified atom stereocenters. The Hall–Kier alpha value is -2.05. The molecule has 32 heavy (non-hydrogen) atoms. The minimum atomic E-state index is -5.70. The Labute approximate surface area is 189 Å². The normalized spacial score (nSPS) is 19.9. The maximum Gasteiger partial charge on any atom is 0.523 e. The predicted molar refractivity (Wildman–Crippen MR) is 116 cm³/mol. The number of rotatable bonds is 7. The third-order valence-electron chi connectivity index (χ3n) is 4.94. The molecule has 7 nitrogen and oxygen atoms in total. The van der Waals surface area contributed by atoms with E-state index in [1.807, 2.05) is 17.7 Å². The fourth-order valence-electron chi connectivity index (χ4n) is 3.51. The van der Waals surface area contributed by atoms with Gasteiger partial charge in [-0.1, -0.05) is 44.3 Å². The lowest BCUT2D eigenvalue weighted by molar-refractivity contribution is -0.0571. The molecule has 2 atom stereocenters. The van der Waals surface area contributed by atoms with Crippen molar-refractivity contribution in [1.29, 1.82) is 0 Å². The fraction of sp³-hybridized carbons (Fsp3) is 0.550. The molecule has 0 amide bonds. The van der Waals surface area contributed by atoms with E-state index in [1.165, 1.54) is 18.3 Å². The van der Waals surface area contributed by atoms with Crippen molar-refractivity contribution in [2.75, 3.05) is 0 Å². The molecule has 0 aliphatic heterocycles. The molecule has 3 rings (SSSR count). The van der Waals surface area contributed by atoms with E-state index in [0.717, 1.165) is 18.7 Å². The first kappa shape index (κ1) is 24.6. The standard InChI is InChI=1S/C20H25F3N4O3S2/c1-6-27-15(7-11(2)3)10-16(26-27)19-25-24-18(31-19)14-8-12(4)17(13(5)9-14)30-32(28,29)20(21,22)23/h8-12,17H,6-7H2,1-5H3. The van der Waals surface area contributed by atoms with Crippen LogP contribution in [0.15, 0.2) is 23.8 Å². The van der Waals surface area contributed by atoms with E-state index in [-0.39, 0.29) is 0 Å². The van der Waals surface area contributed by atoms with Gasteiger partial charge in [-0.15, -0.1) is 10.2 Å². The molecule has 0 N–H and O–H groups in total. The third-order valence-corrected chi connectivity index (χ3v) is 6.96. The van der Waals surface area contributed by atoms with E-state index in [4.69, 9.17) is 0 Å². The Kier molecular flexibility index (Phi) is 6.97. The molecule has 0 spiro atoms. The molecule has 0 radical (unpaired) electrons. The summed E-state index contributed by atoms with van der Waals surface area (Å²) in [6, 6.07) is 2.00. The van der Waals surface area contributed by atoms with Crippen LogP contribution in [0.4, 0.5) is 13.2 Å². The lowest BCUT2D eigenvalue weighted by Gasteiger charge is -2.26. The zero-order chi connectivity index (χ0) is 23.8. The molecule has 0 aromatic carbocycles. The van der Waals surface area contributed by atoms with Crippen LogP contribution in [0, 0.1) is 11.8 Å². The first-order valence-electron chi connectivity index (χ1n) is 10.1. The Bertz CT molecular complexity index is 1150. The molecule has 0 saturated heterocycles. The van der Waals surface area contributed by atoms with Crippen LogP contribution in [-0.4, -0.2) is 40.0 Å². The average Bonchev–Trinajstić information content (AvgIpc) is 3.30. The smallest absolute Gasteiger partial charge is 0.269 e. The van der Waals surface area contributed by atoms with Crippen molar-refractivity contribution in [3.8, 4) is 10.7 Å². The Morgan fingerprint density at radius 1 is 1.25 bits per heavy atom. The van der Waals surface area contributed by atoms with Gasteiger partial charge in [-0.25, -0.2) is 0 Å². The SMILES string of the molecule is CCn1nc(-c2nnc(C3=CC(C)C(OS(=O)(=O)C(F)(F)F)C(C)=C3)s2)cc1CC(C)C. The van der Waals surface area contributed by atoms with Crippen molar-refractivity contribution in [3.63, 3.8) is 0 Å². The van der Waals surface area contributed by atoms with Crippen molar-refractivity contribution in [2.24, 2.45) is 11.8 Å². The van der Waals surface area contributed by atoms with Gasteiger partial charge in [0.25, 0.3) is 0 Å². The molecule has 1 aliphatic carbocycles. The van der Waals surface area contributed by atoms with Crippen LogP contribution < -0.4 is 0 Å². The number of alkyl halides is 3. The molecular formula is C20H25F3N4O3S2. The first-order chi connectivity index (χ1) is 14.8. The number of allylic oxidation sites excluding steroid dienone is 2. The second-order valence-electron chi connectivity index (χ2n) is 8.13. The van der Waals surface area contributed by atoms with Crippen LogP contribution in [0.5, 0.6) is 0 Å². The van der Waals surface area contributed by atoms with Gasteiger partial charge in [0.1, 0.15) is 16.8 Å². The van der Waals surface area contributed by atoms with E-state index < -0.39 is 27.6 Å². The van der Waals surface area contributed by atoms with E-state index >= 15 is 0 Å². The largest absolute Gasteiger partial charge is 0.523 e. The van der Waals surface area contributed by atoms with Crippen molar-refractivity contribution in [3.05, 3.63) is 34.5 Å². The molecule has 0 fully saturated rings. The molecule has 0 saturated carbocycles. The summed E-state index contributed by atoms with van der Waals surface area (Å²) >= 11 is 1.32. The number of hydrogen-bond acceptors (Lipinski definition) is 7. The maximum atomic E-state index is 12.7. The zero-order valence-electron chi connectivity index (χ0n) is 18.3. The van der Waals surface area contributed by atoms with Gasteiger partial charge >= 0.3 is 15.6 Å². The highest BCUT2D eigenvalue weighted by molar-refractivity contribution is 7.87. The van der Waals surface area contributed by atoms with E-state index in [9.17, 15) is 21.6 Å². The van der Waals surface area contributed by atoms with Crippen molar-refractivity contribution >= 4 is 27.0 Å². The molecular weight excluding hydrogens is 465 g/mol. The lowest BCUT2D eigenvalue weighted by Crippen LogP contribution is -2.34. The topological polar surface area (TPSA) is 87.0 Å². The number of hydrogen-bond donors (Lipinski definition) is 0. The third kappa shape index (κ3) is 5.12. The molecule has 0 bridgehead atoms. The summed E-state index contributed by atoms with van der Waals surface area (Å²) in [5.41, 5.74) is -2.63. The number of halogens is 3. The van der Waals surface area contributed by atoms with E-state index in [2.05, 4.69) is 33.3 Å². The quantitative estimate of drug-likeness (QED) is 0.408. The Morgan fingerprint density at radius 2 is 1.91 bits per heavy atom. The van der Waals surface area contributed by atoms with Gasteiger partial charge < -0.3 is 0 Å². The summed E-state index contributed by atoms with van der Waals surface area (Å²) in [7, 11) is -5.70. The summed E-state index contributed by atoms with van der Waals surface area (Å²) in [6.07, 6.45) is 2.87. The van der Waals surface area contributed by atoms with Gasteiger partial charge in [-0.3, -0.25) is 8.86 Å². The monoisotopic (exact) mass is 490 g/mol. The van der Waals surface area contributed by atoms with Crippen LogP contribution >= 0.6 is 11.3 Å². The van der Waals surface area contributed by atoms with Gasteiger partial charge in [0.2, 0.25) is 0 Å². The summed E-state index contributed by atoms with van der Waals surface area (Å²) < 4.78 is 67.4. The molecule has 1 aliphatic rings. The maximum absolute atomic E-state index is 12.7. The zero-order valence-corrected chi connectivity index (χ0v) is 20.0. The minimum absolute atomic E-state index is 0.356. The second-order valence-corrected chi connectivity index (χ2v) is 10.7. The van der Waals surface area contributed by atoms with Crippen molar-refractivity contribution in [1.82, 2.24) is 20.0 Å². The Morgan fingerprint density at radius 3 is 2.47 bits per heavy atom. The molecule has 2 aromatic heterocycles. The van der Waals surface area contributed by atoms with Crippen LogP contribution in [-0.2, 0) is 27.3 Å². The van der Waals surface area contributed by atoms with Crippen LogP contribution in [0.25, 0.3) is 16.3 Å². The van der Waals surface area contributed by atoms with Crippen LogP contribution in [0.1, 0.15) is 45.3 Å². The highest BCUT2D eigenvalue weighted by Crippen LogP contribution is 2.36. The summed E-state index contributed by atoms with van der Waals surface area (Å²) in [5, 5.41) is 14.3. The highest BCUT2D eigenvalue weighted by atomic mass is 32.2. The number of aromatic nitrogens is 4. The number of aryl methyl sites for hydroxylation is 1. The first-order valence-corrected chi connectivity index (χ1v) is 12.4. The van der Waals surface area contributed by atoms with Gasteiger partial charge in [0.05, 0.1) is 0 Å². The van der Waals surface area contributed by atoms with Gasteiger partial charge in [0, 0.05) is 23.7 Å². The summed E-state index contributed by atoms with van der Waals surface area (Å²) in [4.78, 5) is 0. The average molecular weight is 491 g/mol. The van der Waals surface area contributed by atoms with E-state index in [0.29, 0.717) is 32.8 Å². The van der Waals surface area contributed by atoms with Crippen LogP contribution in [0.3, 0.4) is 0 Å².